The average molecular weight is 382 g/mol. The van der Waals surface area contributed by atoms with E-state index in [1.54, 1.807) is 24.3 Å². The number of nitro groups is 1. The van der Waals surface area contributed by atoms with Crippen molar-refractivity contribution in [3.05, 3.63) is 86.1 Å². The van der Waals surface area contributed by atoms with Gasteiger partial charge in [0.25, 0.3) is 5.91 Å². The van der Waals surface area contributed by atoms with Crippen LogP contribution in [0.2, 0.25) is 0 Å². The smallest absolute Gasteiger partial charge is 0.310 e. The van der Waals surface area contributed by atoms with Gasteiger partial charge in [-0.05, 0) is 41.6 Å². The van der Waals surface area contributed by atoms with E-state index in [0.717, 1.165) is 17.7 Å². The first-order valence-electron chi connectivity index (χ1n) is 8.40. The number of carbonyl (C=O) groups excluding carboxylic acids is 1. The van der Waals surface area contributed by atoms with Crippen LogP contribution in [0.25, 0.3) is 0 Å². The predicted octanol–water partition coefficient (Wildman–Crippen LogP) is 5.05. The van der Waals surface area contributed by atoms with E-state index in [4.69, 9.17) is 4.74 Å². The Morgan fingerprint density at radius 2 is 1.89 bits per heavy atom. The Morgan fingerprint density at radius 3 is 2.59 bits per heavy atom. The number of carbonyl (C=O) groups is 1. The number of anilines is 1. The molecule has 0 spiro atoms. The molecule has 3 rings (SSSR count). The van der Waals surface area contributed by atoms with Crippen LogP contribution < -0.4 is 10.1 Å². The van der Waals surface area contributed by atoms with Gasteiger partial charge in [-0.15, -0.1) is 11.3 Å². The number of ether oxygens (including phenoxy) is 1. The molecule has 7 heteroatoms. The van der Waals surface area contributed by atoms with Gasteiger partial charge in [0.1, 0.15) is 6.61 Å². The van der Waals surface area contributed by atoms with Crippen LogP contribution in [-0.4, -0.2) is 10.8 Å². The number of rotatable bonds is 7. The maximum atomic E-state index is 12.4. The molecule has 3 aromatic rings. The summed E-state index contributed by atoms with van der Waals surface area (Å²) in [6.07, 6.45) is 0.947. The number of nitrogens with one attached hydrogen (secondary N) is 1. The fraction of sp³-hybridized carbons (Fsp3) is 0.150. The van der Waals surface area contributed by atoms with Gasteiger partial charge in [0, 0.05) is 17.3 Å². The Kier molecular flexibility index (Phi) is 5.83. The largest absolute Gasteiger partial charge is 0.482 e. The highest BCUT2D eigenvalue weighted by Crippen LogP contribution is 2.27. The summed E-state index contributed by atoms with van der Waals surface area (Å²) in [5.74, 6) is 0.0110. The van der Waals surface area contributed by atoms with Crippen molar-refractivity contribution in [2.24, 2.45) is 0 Å². The highest BCUT2D eigenvalue weighted by atomic mass is 32.1. The molecule has 0 atom stereocenters. The number of nitro benzene ring substituents is 1. The van der Waals surface area contributed by atoms with Gasteiger partial charge in [-0.3, -0.25) is 14.9 Å². The van der Waals surface area contributed by atoms with Gasteiger partial charge in [0.2, 0.25) is 0 Å². The lowest BCUT2D eigenvalue weighted by Crippen LogP contribution is -2.10. The standard InChI is InChI=1S/C20H18N2O4S/c1-2-14-7-9-16(10-8-14)21-20(23)19-11-15(13-27-19)12-26-18-6-4-3-5-17(18)22(24)25/h3-11,13H,2,12H2,1H3,(H,21,23). The third-order valence-corrected chi connectivity index (χ3v) is 4.93. The second kappa shape index (κ2) is 8.46. The molecule has 0 aliphatic heterocycles. The lowest BCUT2D eigenvalue weighted by atomic mass is 10.1. The van der Waals surface area contributed by atoms with Gasteiger partial charge in [-0.1, -0.05) is 31.2 Å². The van der Waals surface area contributed by atoms with Crippen LogP contribution >= 0.6 is 11.3 Å². The molecule has 0 aliphatic rings. The molecule has 2 aromatic carbocycles. The number of benzene rings is 2. The molecule has 0 saturated carbocycles. The Labute approximate surface area is 160 Å². The Bertz CT molecular complexity index is 951. The Morgan fingerprint density at radius 1 is 1.15 bits per heavy atom. The van der Waals surface area contributed by atoms with E-state index >= 15 is 0 Å². The van der Waals surface area contributed by atoms with E-state index in [1.165, 1.54) is 23.0 Å². The van der Waals surface area contributed by atoms with Gasteiger partial charge in [-0.2, -0.15) is 0 Å². The minimum Gasteiger partial charge on any atom is -0.482 e. The average Bonchev–Trinajstić information content (AvgIpc) is 3.16. The van der Waals surface area contributed by atoms with Gasteiger partial charge < -0.3 is 10.1 Å². The summed E-state index contributed by atoms with van der Waals surface area (Å²) in [5, 5.41) is 15.7. The fourth-order valence-corrected chi connectivity index (χ4v) is 3.27. The van der Waals surface area contributed by atoms with Gasteiger partial charge in [0.15, 0.2) is 5.75 Å². The molecule has 6 nitrogen and oxygen atoms in total. The van der Waals surface area contributed by atoms with E-state index in [0.29, 0.717) is 4.88 Å². The van der Waals surface area contributed by atoms with Crippen molar-refractivity contribution in [1.82, 2.24) is 0 Å². The van der Waals surface area contributed by atoms with Gasteiger partial charge in [0.05, 0.1) is 9.80 Å². The minimum absolute atomic E-state index is 0.0822. The van der Waals surface area contributed by atoms with Crippen molar-refractivity contribution in [2.75, 3.05) is 5.32 Å². The minimum atomic E-state index is -0.481. The number of hydrogen-bond donors (Lipinski definition) is 1. The summed E-state index contributed by atoms with van der Waals surface area (Å²) < 4.78 is 5.55. The first-order chi connectivity index (χ1) is 13.1. The molecule has 0 unspecified atom stereocenters. The number of nitrogens with zero attached hydrogens (tertiary/aromatic N) is 1. The Balaban J connectivity index is 1.62. The topological polar surface area (TPSA) is 81.5 Å². The summed E-state index contributed by atoms with van der Waals surface area (Å²) in [5.41, 5.74) is 2.65. The van der Waals surface area contributed by atoms with Crippen LogP contribution in [0.1, 0.15) is 27.7 Å². The SMILES string of the molecule is CCc1ccc(NC(=O)c2cc(COc3ccccc3[N+](=O)[O-])cs2)cc1. The highest BCUT2D eigenvalue weighted by molar-refractivity contribution is 7.12. The summed E-state index contributed by atoms with van der Waals surface area (Å²) >= 11 is 1.30. The fourth-order valence-electron chi connectivity index (χ4n) is 2.48. The molecule has 0 aliphatic carbocycles. The van der Waals surface area contributed by atoms with E-state index in [-0.39, 0.29) is 24.0 Å². The maximum Gasteiger partial charge on any atom is 0.310 e. The lowest BCUT2D eigenvalue weighted by Gasteiger charge is -2.05. The summed E-state index contributed by atoms with van der Waals surface area (Å²) in [6.45, 7) is 2.23. The van der Waals surface area contributed by atoms with Crippen molar-refractivity contribution in [2.45, 2.75) is 20.0 Å². The molecule has 1 N–H and O–H groups in total. The highest BCUT2D eigenvalue weighted by Gasteiger charge is 2.15. The number of amides is 1. The van der Waals surface area contributed by atoms with E-state index in [9.17, 15) is 14.9 Å². The van der Waals surface area contributed by atoms with Crippen molar-refractivity contribution in [1.29, 1.82) is 0 Å². The Hall–Kier alpha value is -3.19. The van der Waals surface area contributed by atoms with Gasteiger partial charge in [-0.25, -0.2) is 0 Å². The van der Waals surface area contributed by atoms with Crippen LogP contribution in [0.15, 0.2) is 60.0 Å². The molecule has 0 radical (unpaired) electrons. The van der Waals surface area contributed by atoms with Crippen molar-refractivity contribution in [3.63, 3.8) is 0 Å². The molecular weight excluding hydrogens is 364 g/mol. The van der Waals surface area contributed by atoms with Gasteiger partial charge >= 0.3 is 5.69 Å². The summed E-state index contributed by atoms with van der Waals surface area (Å²) in [6, 6.07) is 15.7. The normalized spacial score (nSPS) is 10.4. The first kappa shape index (κ1) is 18.6. The molecule has 138 valence electrons. The molecule has 1 aromatic heterocycles. The zero-order valence-electron chi connectivity index (χ0n) is 14.7. The van der Waals surface area contributed by atoms with Crippen molar-refractivity contribution in [3.8, 4) is 5.75 Å². The third kappa shape index (κ3) is 4.71. The van der Waals surface area contributed by atoms with Crippen LogP contribution in [-0.2, 0) is 13.0 Å². The van der Waals surface area contributed by atoms with E-state index in [2.05, 4.69) is 12.2 Å². The van der Waals surface area contributed by atoms with E-state index < -0.39 is 4.92 Å². The second-order valence-corrected chi connectivity index (χ2v) is 6.75. The second-order valence-electron chi connectivity index (χ2n) is 5.84. The summed E-state index contributed by atoms with van der Waals surface area (Å²) in [7, 11) is 0. The number of aryl methyl sites for hydroxylation is 1. The lowest BCUT2D eigenvalue weighted by molar-refractivity contribution is -0.385. The molecule has 1 heterocycles. The van der Waals surface area contributed by atoms with Crippen LogP contribution in [0.5, 0.6) is 5.75 Å². The summed E-state index contributed by atoms with van der Waals surface area (Å²) in [4.78, 5) is 23.5. The van der Waals surface area contributed by atoms with E-state index in [1.807, 2.05) is 29.6 Å². The zero-order chi connectivity index (χ0) is 19.2. The predicted molar refractivity (Wildman–Crippen MR) is 106 cm³/mol. The van der Waals surface area contributed by atoms with Crippen LogP contribution in [0, 0.1) is 10.1 Å². The molecule has 27 heavy (non-hydrogen) atoms. The van der Waals surface area contributed by atoms with Crippen molar-refractivity contribution < 1.29 is 14.5 Å². The third-order valence-electron chi connectivity index (χ3n) is 3.95. The number of thiophene rings is 1. The van der Waals surface area contributed by atoms with Crippen molar-refractivity contribution >= 4 is 28.6 Å². The molecule has 0 fully saturated rings. The quantitative estimate of drug-likeness (QED) is 0.458. The van der Waals surface area contributed by atoms with Crippen LogP contribution in [0.4, 0.5) is 11.4 Å². The first-order valence-corrected chi connectivity index (χ1v) is 9.28. The molecular formula is C20H18N2O4S. The monoisotopic (exact) mass is 382 g/mol. The zero-order valence-corrected chi connectivity index (χ0v) is 15.5. The molecule has 0 bridgehead atoms. The maximum absolute atomic E-state index is 12.4. The number of hydrogen-bond acceptors (Lipinski definition) is 5. The van der Waals surface area contributed by atoms with Crippen LogP contribution in [0.3, 0.4) is 0 Å². The number of para-hydroxylation sites is 2. The molecule has 0 saturated heterocycles. The molecule has 1 amide bonds.